The Bertz CT molecular complexity index is 892. The lowest BCUT2D eigenvalue weighted by Crippen LogP contribution is -2.71. The fraction of sp³-hybridized carbons (Fsp3) is 0.885. The van der Waals surface area contributed by atoms with Gasteiger partial charge in [-0.1, -0.05) is 19.9 Å². The van der Waals surface area contributed by atoms with Gasteiger partial charge in [0, 0.05) is 10.8 Å². The van der Waals surface area contributed by atoms with Gasteiger partial charge in [0.2, 0.25) is 6.29 Å². The van der Waals surface area contributed by atoms with Gasteiger partial charge in [0.25, 0.3) is 0 Å². The lowest BCUT2D eigenvalue weighted by Gasteiger charge is -2.68. The van der Waals surface area contributed by atoms with Crippen LogP contribution in [-0.2, 0) is 14.3 Å². The molecule has 0 aromatic heterocycles. The van der Waals surface area contributed by atoms with Crippen molar-refractivity contribution in [2.75, 3.05) is 6.61 Å². The fourth-order valence-electron chi connectivity index (χ4n) is 8.93. The average molecular weight is 497 g/mol. The molecule has 0 radical (unpaired) electrons. The van der Waals surface area contributed by atoms with E-state index in [9.17, 15) is 35.4 Å². The monoisotopic (exact) mass is 496 g/mol. The van der Waals surface area contributed by atoms with Gasteiger partial charge in [0.05, 0.1) is 23.7 Å². The summed E-state index contributed by atoms with van der Waals surface area (Å²) in [5.41, 5.74) is -2.60. The van der Waals surface area contributed by atoms with Crippen molar-refractivity contribution in [2.24, 2.45) is 28.1 Å². The SMILES string of the molecule is C=C1[C@H]2CC[C@]3(O)[C@@](CC[C@@H]4[C@](C)(C(=O)O[C@@H]5O[C@@H](CO)[C@@H](O)[C@@H](O)[C@H]5O)CCC[C@]43C)(C2)[C@H]1O. The van der Waals surface area contributed by atoms with Crippen molar-refractivity contribution in [3.8, 4) is 0 Å². The van der Waals surface area contributed by atoms with Crippen LogP contribution in [0.25, 0.3) is 0 Å². The second-order valence-corrected chi connectivity index (χ2v) is 12.3. The van der Waals surface area contributed by atoms with E-state index in [0.717, 1.165) is 24.8 Å². The first-order chi connectivity index (χ1) is 16.4. The Morgan fingerprint density at radius 3 is 2.46 bits per heavy atom. The molecule has 9 heteroatoms. The van der Waals surface area contributed by atoms with E-state index < -0.39 is 71.2 Å². The predicted molar refractivity (Wildman–Crippen MR) is 123 cm³/mol. The van der Waals surface area contributed by atoms with Crippen molar-refractivity contribution < 1.29 is 44.9 Å². The number of fused-ring (bicyclic) bond motifs is 3. The Balaban J connectivity index is 1.43. The molecule has 1 spiro atoms. The van der Waals surface area contributed by atoms with Crippen LogP contribution < -0.4 is 0 Å². The molecule has 0 aromatic rings. The van der Waals surface area contributed by atoms with Crippen LogP contribution in [0.3, 0.4) is 0 Å². The summed E-state index contributed by atoms with van der Waals surface area (Å²) in [5, 5.41) is 63.6. The van der Waals surface area contributed by atoms with E-state index in [4.69, 9.17) is 9.47 Å². The topological polar surface area (TPSA) is 157 Å². The minimum absolute atomic E-state index is 0.219. The lowest BCUT2D eigenvalue weighted by molar-refractivity contribution is -0.303. The predicted octanol–water partition coefficient (Wildman–Crippen LogP) is 0.384. The minimum atomic E-state index is -1.66. The van der Waals surface area contributed by atoms with Crippen LogP contribution in [0.4, 0.5) is 0 Å². The van der Waals surface area contributed by atoms with Gasteiger partial charge in [0.1, 0.15) is 24.4 Å². The van der Waals surface area contributed by atoms with E-state index in [0.29, 0.717) is 32.1 Å². The highest BCUT2D eigenvalue weighted by molar-refractivity contribution is 5.77. The van der Waals surface area contributed by atoms with Crippen molar-refractivity contribution in [3.05, 3.63) is 12.2 Å². The zero-order valence-electron chi connectivity index (χ0n) is 20.6. The first-order valence-corrected chi connectivity index (χ1v) is 13.0. The molecule has 1 aliphatic heterocycles. The molecule has 2 bridgehead atoms. The maximum atomic E-state index is 13.7. The molecule has 1 heterocycles. The maximum Gasteiger partial charge on any atom is 0.314 e. The molecule has 5 rings (SSSR count). The summed E-state index contributed by atoms with van der Waals surface area (Å²) in [5.74, 6) is -0.603. The highest BCUT2D eigenvalue weighted by atomic mass is 16.7. The summed E-state index contributed by atoms with van der Waals surface area (Å²) in [4.78, 5) is 13.7. The summed E-state index contributed by atoms with van der Waals surface area (Å²) in [7, 11) is 0. The standard InChI is InChI=1S/C26H40O9/c1-13-14-5-10-26(33)24(3)8-4-7-23(2,16(24)6-9-25(26,11-14)20(13)31)22(32)35-21-19(30)18(29)17(28)15(12-27)34-21/h14-21,27-31,33H,1,4-12H2,2-3H3/t14-,15-,16+,17+,18+,19+,20-,21-,23+,24+,25-,26+/m0/s1. The van der Waals surface area contributed by atoms with Crippen LogP contribution in [0, 0.1) is 28.1 Å². The van der Waals surface area contributed by atoms with E-state index in [1.807, 2.05) is 13.8 Å². The van der Waals surface area contributed by atoms with Gasteiger partial charge in [-0.2, -0.15) is 0 Å². The number of hydrogen-bond donors (Lipinski definition) is 6. The molecule has 0 aromatic carbocycles. The number of rotatable bonds is 3. The summed E-state index contributed by atoms with van der Waals surface area (Å²) >= 11 is 0. The molecule has 12 atom stereocenters. The molecule has 4 aliphatic carbocycles. The normalized spacial score (nSPS) is 55.7. The smallest absolute Gasteiger partial charge is 0.314 e. The minimum Gasteiger partial charge on any atom is -0.432 e. The van der Waals surface area contributed by atoms with E-state index in [1.165, 1.54) is 0 Å². The van der Waals surface area contributed by atoms with Gasteiger partial charge in [-0.15, -0.1) is 0 Å². The molecule has 6 N–H and O–H groups in total. The van der Waals surface area contributed by atoms with Crippen LogP contribution in [0.1, 0.15) is 65.2 Å². The quantitative estimate of drug-likeness (QED) is 0.240. The van der Waals surface area contributed by atoms with Gasteiger partial charge in [0.15, 0.2) is 0 Å². The fourth-order valence-corrected chi connectivity index (χ4v) is 8.93. The highest BCUT2D eigenvalue weighted by Gasteiger charge is 2.75. The number of ether oxygens (including phenoxy) is 2. The van der Waals surface area contributed by atoms with Crippen molar-refractivity contribution >= 4 is 5.97 Å². The molecule has 1 saturated heterocycles. The molecule has 35 heavy (non-hydrogen) atoms. The van der Waals surface area contributed by atoms with Crippen molar-refractivity contribution in [2.45, 2.75) is 108 Å². The summed E-state index contributed by atoms with van der Waals surface area (Å²) < 4.78 is 11.0. The Morgan fingerprint density at radius 2 is 1.77 bits per heavy atom. The van der Waals surface area contributed by atoms with Gasteiger partial charge >= 0.3 is 5.97 Å². The third kappa shape index (κ3) is 3.15. The van der Waals surface area contributed by atoms with Crippen LogP contribution in [-0.4, -0.2) is 85.6 Å². The molecule has 0 unspecified atom stereocenters. The van der Waals surface area contributed by atoms with Crippen LogP contribution in [0.2, 0.25) is 0 Å². The summed E-state index contributed by atoms with van der Waals surface area (Å²) in [6.45, 7) is 7.41. The molecule has 9 nitrogen and oxygen atoms in total. The Morgan fingerprint density at radius 1 is 1.06 bits per heavy atom. The van der Waals surface area contributed by atoms with E-state index in [2.05, 4.69) is 6.58 Å². The highest BCUT2D eigenvalue weighted by Crippen LogP contribution is 2.73. The second-order valence-electron chi connectivity index (χ2n) is 12.3. The van der Waals surface area contributed by atoms with Gasteiger partial charge in [-0.05, 0) is 69.3 Å². The summed E-state index contributed by atoms with van der Waals surface area (Å²) in [6.07, 6.45) is -3.08. The number of aliphatic hydroxyl groups is 6. The first-order valence-electron chi connectivity index (χ1n) is 13.0. The number of carbonyl (C=O) groups is 1. The third-order valence-corrected chi connectivity index (χ3v) is 11.0. The number of carbonyl (C=O) groups excluding carboxylic acids is 1. The van der Waals surface area contributed by atoms with Gasteiger partial charge in [-0.25, -0.2) is 0 Å². The van der Waals surface area contributed by atoms with E-state index >= 15 is 0 Å². The Kier molecular flexibility index (Phi) is 6.00. The van der Waals surface area contributed by atoms with E-state index in [-0.39, 0.29) is 11.8 Å². The lowest BCUT2D eigenvalue weighted by atomic mass is 9.38. The number of esters is 1. The van der Waals surface area contributed by atoms with E-state index in [1.54, 1.807) is 0 Å². The Labute approximate surface area is 205 Å². The Hall–Kier alpha value is -1.07. The molecule has 0 amide bonds. The maximum absolute atomic E-state index is 13.7. The third-order valence-electron chi connectivity index (χ3n) is 11.0. The molecular weight excluding hydrogens is 456 g/mol. The molecular formula is C26H40O9. The molecule has 198 valence electrons. The van der Waals surface area contributed by atoms with Crippen LogP contribution >= 0.6 is 0 Å². The van der Waals surface area contributed by atoms with Crippen LogP contribution in [0.15, 0.2) is 12.2 Å². The van der Waals surface area contributed by atoms with Gasteiger partial charge in [-0.3, -0.25) is 4.79 Å². The zero-order valence-corrected chi connectivity index (χ0v) is 20.6. The molecule has 5 fully saturated rings. The first kappa shape index (κ1) is 25.6. The summed E-state index contributed by atoms with van der Waals surface area (Å²) in [6, 6.07) is 0. The zero-order chi connectivity index (χ0) is 25.6. The molecule has 4 saturated carbocycles. The van der Waals surface area contributed by atoms with Crippen molar-refractivity contribution in [1.29, 1.82) is 0 Å². The van der Waals surface area contributed by atoms with Crippen LogP contribution in [0.5, 0.6) is 0 Å². The molecule has 5 aliphatic rings. The second kappa shape index (κ2) is 8.21. The number of aliphatic hydroxyl groups excluding tert-OH is 5. The van der Waals surface area contributed by atoms with Crippen molar-refractivity contribution in [1.82, 2.24) is 0 Å². The van der Waals surface area contributed by atoms with Crippen molar-refractivity contribution in [3.63, 3.8) is 0 Å². The number of hydrogen-bond acceptors (Lipinski definition) is 9. The van der Waals surface area contributed by atoms with Gasteiger partial charge < -0.3 is 40.1 Å². The average Bonchev–Trinajstić information content (AvgIpc) is 3.03. The largest absolute Gasteiger partial charge is 0.432 e.